The second-order valence-corrected chi connectivity index (χ2v) is 4.81. The first-order chi connectivity index (χ1) is 7.65. The molecule has 1 aliphatic rings. The van der Waals surface area contributed by atoms with Crippen molar-refractivity contribution in [3.8, 4) is 0 Å². The third kappa shape index (κ3) is 4.02. The van der Waals surface area contributed by atoms with Gasteiger partial charge in [-0.25, -0.2) is 0 Å². The third-order valence-corrected chi connectivity index (χ3v) is 3.57. The molecule has 0 aromatic heterocycles. The Morgan fingerprint density at radius 3 is 2.94 bits per heavy atom. The zero-order valence-electron chi connectivity index (χ0n) is 9.35. The number of hydrogen-bond donors (Lipinski definition) is 1. The van der Waals surface area contributed by atoms with Crippen molar-refractivity contribution >= 4 is 23.6 Å². The molecule has 16 heavy (non-hydrogen) atoms. The predicted molar refractivity (Wildman–Crippen MR) is 61.6 cm³/mol. The molecule has 1 fully saturated rings. The molecule has 1 rings (SSSR count). The van der Waals surface area contributed by atoms with Crippen LogP contribution in [0.4, 0.5) is 0 Å². The maximum absolute atomic E-state index is 11.8. The van der Waals surface area contributed by atoms with Crippen molar-refractivity contribution in [3.63, 3.8) is 0 Å². The van der Waals surface area contributed by atoms with Gasteiger partial charge in [0.15, 0.2) is 0 Å². The maximum Gasteiger partial charge on any atom is 0.305 e. The van der Waals surface area contributed by atoms with E-state index in [1.54, 1.807) is 23.8 Å². The number of methoxy groups -OCH3 is 1. The number of nitrogens with zero attached hydrogens (tertiary/aromatic N) is 1. The number of carbonyl (C=O) groups is 2. The number of rotatable bonds is 5. The molecule has 92 valence electrons. The van der Waals surface area contributed by atoms with E-state index in [2.05, 4.69) is 0 Å². The molecular weight excluding hydrogens is 230 g/mol. The van der Waals surface area contributed by atoms with Crippen LogP contribution in [0.5, 0.6) is 0 Å². The molecule has 0 aromatic carbocycles. The minimum atomic E-state index is -0.850. The average Bonchev–Trinajstić information content (AvgIpc) is 2.26. The molecule has 1 amide bonds. The summed E-state index contributed by atoms with van der Waals surface area (Å²) in [6.45, 7) is 1.04. The Morgan fingerprint density at radius 2 is 2.31 bits per heavy atom. The monoisotopic (exact) mass is 247 g/mol. The van der Waals surface area contributed by atoms with Crippen molar-refractivity contribution in [2.24, 2.45) is 0 Å². The lowest BCUT2D eigenvalue weighted by molar-refractivity contribution is -0.140. The van der Waals surface area contributed by atoms with Gasteiger partial charge in [0.2, 0.25) is 5.91 Å². The van der Waals surface area contributed by atoms with E-state index in [1.807, 2.05) is 0 Å². The fourth-order valence-corrected chi connectivity index (χ4v) is 2.75. The van der Waals surface area contributed by atoms with Crippen LogP contribution in [0.1, 0.15) is 12.8 Å². The summed E-state index contributed by atoms with van der Waals surface area (Å²) < 4.78 is 4.85. The van der Waals surface area contributed by atoms with Crippen LogP contribution in [0.3, 0.4) is 0 Å². The van der Waals surface area contributed by atoms with E-state index in [0.29, 0.717) is 25.3 Å². The highest BCUT2D eigenvalue weighted by atomic mass is 32.2. The number of hydrogen-bond acceptors (Lipinski definition) is 4. The van der Waals surface area contributed by atoms with Crippen LogP contribution in [0, 0.1) is 0 Å². The fourth-order valence-electron chi connectivity index (χ4n) is 1.69. The van der Waals surface area contributed by atoms with Crippen molar-refractivity contribution < 1.29 is 19.4 Å². The smallest absolute Gasteiger partial charge is 0.305 e. The lowest BCUT2D eigenvalue weighted by Crippen LogP contribution is -2.47. The van der Waals surface area contributed by atoms with Crippen LogP contribution in [0.25, 0.3) is 0 Å². The molecule has 0 aliphatic carbocycles. The normalized spacial score (nSPS) is 20.8. The molecule has 5 nitrogen and oxygen atoms in total. The van der Waals surface area contributed by atoms with E-state index in [1.165, 1.54) is 0 Å². The SMILES string of the molecule is COCCC(=O)N1CCSCC1CC(=O)O. The topological polar surface area (TPSA) is 66.8 Å². The summed E-state index contributed by atoms with van der Waals surface area (Å²) in [6.07, 6.45) is 0.364. The quantitative estimate of drug-likeness (QED) is 0.763. The lowest BCUT2D eigenvalue weighted by Gasteiger charge is -2.34. The number of aliphatic carboxylic acids is 1. The molecule has 0 bridgehead atoms. The van der Waals surface area contributed by atoms with Crippen molar-refractivity contribution in [2.45, 2.75) is 18.9 Å². The summed E-state index contributed by atoms with van der Waals surface area (Å²) >= 11 is 1.70. The van der Waals surface area contributed by atoms with Gasteiger partial charge in [0.1, 0.15) is 0 Å². The second kappa shape index (κ2) is 6.75. The lowest BCUT2D eigenvalue weighted by atomic mass is 10.2. The van der Waals surface area contributed by atoms with Gasteiger partial charge >= 0.3 is 5.97 Å². The van der Waals surface area contributed by atoms with Gasteiger partial charge in [-0.3, -0.25) is 9.59 Å². The number of carboxylic acids is 1. The minimum Gasteiger partial charge on any atom is -0.481 e. The van der Waals surface area contributed by atoms with Crippen LogP contribution in [-0.4, -0.2) is 59.7 Å². The molecular formula is C10H17NO4S. The number of carboxylic acid groups (broad SMARTS) is 1. The largest absolute Gasteiger partial charge is 0.481 e. The Hall–Kier alpha value is -0.750. The number of thioether (sulfide) groups is 1. The van der Waals surface area contributed by atoms with Crippen molar-refractivity contribution in [1.29, 1.82) is 0 Å². The molecule has 6 heteroatoms. The number of carbonyl (C=O) groups excluding carboxylic acids is 1. The van der Waals surface area contributed by atoms with Crippen LogP contribution < -0.4 is 0 Å². The van der Waals surface area contributed by atoms with Gasteiger partial charge < -0.3 is 14.7 Å². The van der Waals surface area contributed by atoms with E-state index in [-0.39, 0.29) is 18.4 Å². The molecule has 1 unspecified atom stereocenters. The first kappa shape index (κ1) is 13.3. The molecule has 0 saturated carbocycles. The number of amides is 1. The molecule has 1 saturated heterocycles. The van der Waals surface area contributed by atoms with E-state index in [4.69, 9.17) is 9.84 Å². The standard InChI is InChI=1S/C10H17NO4S/c1-15-4-2-9(12)11-3-5-16-7-8(11)6-10(13)14/h8H,2-7H2,1H3,(H,13,14). The van der Waals surface area contributed by atoms with E-state index >= 15 is 0 Å². The van der Waals surface area contributed by atoms with Crippen LogP contribution in [0.2, 0.25) is 0 Å². The molecule has 0 aromatic rings. The predicted octanol–water partition coefficient (Wildman–Crippen LogP) is 0.442. The summed E-state index contributed by atoms with van der Waals surface area (Å²) in [7, 11) is 1.55. The average molecular weight is 247 g/mol. The molecule has 0 spiro atoms. The van der Waals surface area contributed by atoms with Crippen molar-refractivity contribution in [2.75, 3.05) is 31.8 Å². The Balaban J connectivity index is 2.51. The molecule has 1 heterocycles. The first-order valence-corrected chi connectivity index (χ1v) is 6.38. The van der Waals surface area contributed by atoms with Crippen LogP contribution >= 0.6 is 11.8 Å². The van der Waals surface area contributed by atoms with Gasteiger partial charge in [-0.15, -0.1) is 0 Å². The maximum atomic E-state index is 11.8. The first-order valence-electron chi connectivity index (χ1n) is 5.23. The van der Waals surface area contributed by atoms with Gasteiger partial charge in [0.05, 0.1) is 25.5 Å². The van der Waals surface area contributed by atoms with Crippen molar-refractivity contribution in [3.05, 3.63) is 0 Å². The van der Waals surface area contributed by atoms with E-state index < -0.39 is 5.97 Å². The van der Waals surface area contributed by atoms with Crippen molar-refractivity contribution in [1.82, 2.24) is 4.90 Å². The molecule has 0 radical (unpaired) electrons. The summed E-state index contributed by atoms with van der Waals surface area (Å²) in [5.74, 6) is 0.741. The van der Waals surface area contributed by atoms with E-state index in [9.17, 15) is 9.59 Å². The van der Waals surface area contributed by atoms with Gasteiger partial charge in [-0.05, 0) is 0 Å². The molecule has 1 aliphatic heterocycles. The fraction of sp³-hybridized carbons (Fsp3) is 0.800. The van der Waals surface area contributed by atoms with Crippen LogP contribution in [0.15, 0.2) is 0 Å². The Labute approximate surface area is 99.1 Å². The highest BCUT2D eigenvalue weighted by Crippen LogP contribution is 2.19. The zero-order chi connectivity index (χ0) is 12.0. The van der Waals surface area contributed by atoms with Crippen LogP contribution in [-0.2, 0) is 14.3 Å². The van der Waals surface area contributed by atoms with Gasteiger partial charge in [0.25, 0.3) is 0 Å². The second-order valence-electron chi connectivity index (χ2n) is 3.66. The summed E-state index contributed by atoms with van der Waals surface area (Å²) in [6, 6.07) is -0.166. The van der Waals surface area contributed by atoms with Gasteiger partial charge in [-0.1, -0.05) is 0 Å². The summed E-state index contributed by atoms with van der Waals surface area (Å²) in [5, 5.41) is 8.77. The summed E-state index contributed by atoms with van der Waals surface area (Å²) in [5.41, 5.74) is 0. The zero-order valence-corrected chi connectivity index (χ0v) is 10.2. The Kier molecular flexibility index (Phi) is 5.62. The van der Waals surface area contributed by atoms with Gasteiger partial charge in [0, 0.05) is 25.2 Å². The van der Waals surface area contributed by atoms with E-state index in [0.717, 1.165) is 5.75 Å². The number of ether oxygens (including phenoxy) is 1. The highest BCUT2D eigenvalue weighted by Gasteiger charge is 2.28. The minimum absolute atomic E-state index is 0.00611. The van der Waals surface area contributed by atoms with Gasteiger partial charge in [-0.2, -0.15) is 11.8 Å². The Morgan fingerprint density at radius 1 is 1.56 bits per heavy atom. The third-order valence-electron chi connectivity index (χ3n) is 2.48. The highest BCUT2D eigenvalue weighted by molar-refractivity contribution is 7.99. The molecule has 1 N–H and O–H groups in total. The Bertz CT molecular complexity index is 259. The molecule has 1 atom stereocenters. The summed E-state index contributed by atoms with van der Waals surface area (Å²) in [4.78, 5) is 24.2.